The number of nitrogens with zero attached hydrogens (tertiary/aromatic N) is 1. The van der Waals surface area contributed by atoms with Crippen molar-refractivity contribution in [2.75, 3.05) is 19.6 Å². The molecule has 5 nitrogen and oxygen atoms in total. The summed E-state index contributed by atoms with van der Waals surface area (Å²) in [5.41, 5.74) is 0.622. The maximum absolute atomic E-state index is 12.0. The first-order valence-electron chi connectivity index (χ1n) is 9.02. The monoisotopic (exact) mass is 331 g/mol. The van der Waals surface area contributed by atoms with Gasteiger partial charge in [-0.15, -0.1) is 0 Å². The predicted molar refractivity (Wildman–Crippen MR) is 94.7 cm³/mol. The van der Waals surface area contributed by atoms with Crippen LogP contribution in [-0.4, -0.2) is 46.8 Å². The fourth-order valence-electron chi connectivity index (χ4n) is 3.69. The molecule has 1 heterocycles. The fraction of sp³-hybridized carbons (Fsp3) is 0.632. The molecule has 0 aromatic heterocycles. The Morgan fingerprint density at radius 3 is 2.50 bits per heavy atom. The van der Waals surface area contributed by atoms with Gasteiger partial charge in [0.25, 0.3) is 0 Å². The first-order valence-corrected chi connectivity index (χ1v) is 9.02. The first-order chi connectivity index (χ1) is 11.5. The van der Waals surface area contributed by atoms with Crippen LogP contribution in [0.5, 0.6) is 0 Å². The minimum Gasteiger partial charge on any atom is -0.388 e. The van der Waals surface area contributed by atoms with E-state index in [0.717, 1.165) is 45.2 Å². The summed E-state index contributed by atoms with van der Waals surface area (Å²) in [6, 6.07) is 10.3. The molecule has 3 N–H and O–H groups in total. The van der Waals surface area contributed by atoms with Crippen molar-refractivity contribution in [2.45, 2.75) is 56.7 Å². The zero-order valence-electron chi connectivity index (χ0n) is 14.6. The van der Waals surface area contributed by atoms with Crippen LogP contribution in [0.4, 0.5) is 4.79 Å². The van der Waals surface area contributed by atoms with Crippen molar-refractivity contribution in [3.05, 3.63) is 35.9 Å². The van der Waals surface area contributed by atoms with Crippen molar-refractivity contribution in [1.29, 1.82) is 0 Å². The number of nitrogens with one attached hydrogen (secondary N) is 2. The van der Waals surface area contributed by atoms with E-state index in [9.17, 15) is 9.90 Å². The highest BCUT2D eigenvalue weighted by Gasteiger charge is 2.37. The molecule has 1 aliphatic heterocycles. The van der Waals surface area contributed by atoms with Gasteiger partial charge >= 0.3 is 6.03 Å². The molecule has 1 aromatic rings. The summed E-state index contributed by atoms with van der Waals surface area (Å²) in [5, 5.41) is 15.9. The molecule has 1 saturated carbocycles. The molecule has 0 bridgehead atoms. The number of benzene rings is 1. The number of carbonyl (C=O) groups is 1. The minimum absolute atomic E-state index is 0.0133. The van der Waals surface area contributed by atoms with Crippen LogP contribution in [0, 0.1) is 0 Å². The molecule has 2 fully saturated rings. The molecule has 0 spiro atoms. The van der Waals surface area contributed by atoms with Crippen molar-refractivity contribution < 1.29 is 9.90 Å². The Balaban J connectivity index is 1.48. The van der Waals surface area contributed by atoms with Crippen LogP contribution in [0.1, 0.15) is 44.6 Å². The number of urea groups is 1. The Bertz CT molecular complexity index is 559. The Morgan fingerprint density at radius 1 is 1.12 bits per heavy atom. The van der Waals surface area contributed by atoms with Gasteiger partial charge in [-0.05, 0) is 51.1 Å². The predicted octanol–water partition coefficient (Wildman–Crippen LogP) is 2.26. The Morgan fingerprint density at radius 2 is 1.83 bits per heavy atom. The van der Waals surface area contributed by atoms with E-state index in [2.05, 4.69) is 46.7 Å². The largest absolute Gasteiger partial charge is 0.388 e. The maximum Gasteiger partial charge on any atom is 0.314 e. The lowest BCUT2D eigenvalue weighted by Gasteiger charge is -2.37. The lowest BCUT2D eigenvalue weighted by atomic mass is 9.80. The molecular weight excluding hydrogens is 302 g/mol. The van der Waals surface area contributed by atoms with Crippen LogP contribution in [-0.2, 0) is 6.54 Å². The summed E-state index contributed by atoms with van der Waals surface area (Å²) in [4.78, 5) is 14.5. The molecule has 5 heteroatoms. The summed E-state index contributed by atoms with van der Waals surface area (Å²) in [6.45, 7) is 5.19. The molecule has 2 aliphatic rings. The Labute approximate surface area is 144 Å². The zero-order chi connectivity index (χ0) is 17.0. The second-order valence-electron chi connectivity index (χ2n) is 7.62. The van der Waals surface area contributed by atoms with Crippen LogP contribution in [0.15, 0.2) is 30.3 Å². The van der Waals surface area contributed by atoms with Crippen LogP contribution < -0.4 is 10.6 Å². The molecule has 1 aromatic carbocycles. The first kappa shape index (κ1) is 17.2. The van der Waals surface area contributed by atoms with E-state index in [1.807, 2.05) is 6.07 Å². The molecule has 24 heavy (non-hydrogen) atoms. The summed E-state index contributed by atoms with van der Waals surface area (Å²) in [6.07, 6.45) is 4.87. The van der Waals surface area contributed by atoms with Crippen molar-refractivity contribution in [3.63, 3.8) is 0 Å². The topological polar surface area (TPSA) is 64.6 Å². The summed E-state index contributed by atoms with van der Waals surface area (Å²) in [5.74, 6) is 0. The lowest BCUT2D eigenvalue weighted by molar-refractivity contribution is -0.0290. The highest BCUT2D eigenvalue weighted by atomic mass is 16.3. The average molecular weight is 331 g/mol. The van der Waals surface area contributed by atoms with Gasteiger partial charge in [0.15, 0.2) is 0 Å². The van der Waals surface area contributed by atoms with E-state index in [4.69, 9.17) is 0 Å². The van der Waals surface area contributed by atoms with Crippen LogP contribution in [0.25, 0.3) is 0 Å². The Hall–Kier alpha value is -1.59. The number of hydrogen-bond acceptors (Lipinski definition) is 3. The van der Waals surface area contributed by atoms with Gasteiger partial charge in [0.2, 0.25) is 0 Å². The van der Waals surface area contributed by atoms with Gasteiger partial charge in [0, 0.05) is 25.2 Å². The van der Waals surface area contributed by atoms with Crippen molar-refractivity contribution in [3.8, 4) is 0 Å². The smallest absolute Gasteiger partial charge is 0.314 e. The molecule has 1 unspecified atom stereocenters. The molecular formula is C19H29N3O2. The molecule has 0 radical (unpaired) electrons. The quantitative estimate of drug-likeness (QED) is 0.749. The van der Waals surface area contributed by atoms with Gasteiger partial charge in [-0.2, -0.15) is 0 Å². The number of likely N-dealkylation sites (tertiary alicyclic amines) is 1. The normalized spacial score (nSPS) is 25.9. The zero-order valence-corrected chi connectivity index (χ0v) is 14.6. The third-order valence-corrected chi connectivity index (χ3v) is 5.62. The van der Waals surface area contributed by atoms with E-state index >= 15 is 0 Å². The molecule has 1 aliphatic carbocycles. The highest BCUT2D eigenvalue weighted by Crippen LogP contribution is 2.31. The Kier molecular flexibility index (Phi) is 5.11. The van der Waals surface area contributed by atoms with Gasteiger partial charge in [0.1, 0.15) is 0 Å². The molecule has 2 amide bonds. The second-order valence-corrected chi connectivity index (χ2v) is 7.62. The lowest BCUT2D eigenvalue weighted by Crippen LogP contribution is -2.54. The van der Waals surface area contributed by atoms with Gasteiger partial charge in [-0.25, -0.2) is 4.79 Å². The van der Waals surface area contributed by atoms with E-state index < -0.39 is 5.60 Å². The summed E-state index contributed by atoms with van der Waals surface area (Å²) < 4.78 is 0. The number of carbonyl (C=O) groups excluding carboxylic acids is 1. The van der Waals surface area contributed by atoms with Gasteiger partial charge in [-0.3, -0.25) is 4.90 Å². The maximum atomic E-state index is 12.0. The third-order valence-electron chi connectivity index (χ3n) is 5.62. The van der Waals surface area contributed by atoms with E-state index in [-0.39, 0.29) is 11.6 Å². The number of rotatable bonds is 6. The fourth-order valence-corrected chi connectivity index (χ4v) is 3.69. The van der Waals surface area contributed by atoms with Gasteiger partial charge < -0.3 is 15.7 Å². The second kappa shape index (κ2) is 7.11. The van der Waals surface area contributed by atoms with Crippen molar-refractivity contribution in [2.24, 2.45) is 0 Å². The average Bonchev–Trinajstić information content (AvgIpc) is 2.91. The highest BCUT2D eigenvalue weighted by molar-refractivity contribution is 5.74. The standard InChI is InChI=1S/C19H29N3O2/c1-18(14-20-17(23)21-15-19(24)10-5-11-19)9-6-12-22(18)13-16-7-3-2-4-8-16/h2-4,7-8,24H,5-6,9-15H2,1H3,(H2,20,21,23). The summed E-state index contributed by atoms with van der Waals surface area (Å²) in [7, 11) is 0. The van der Waals surface area contributed by atoms with E-state index in [1.165, 1.54) is 5.56 Å². The number of amides is 2. The number of hydrogen-bond donors (Lipinski definition) is 3. The molecule has 1 atom stereocenters. The SMILES string of the molecule is CC1(CNC(=O)NCC2(O)CCC2)CCCN1Cc1ccccc1. The van der Waals surface area contributed by atoms with Crippen LogP contribution in [0.2, 0.25) is 0 Å². The minimum atomic E-state index is -0.673. The molecule has 3 rings (SSSR count). The van der Waals surface area contributed by atoms with Gasteiger partial charge in [0.05, 0.1) is 5.60 Å². The third kappa shape index (κ3) is 4.08. The number of aliphatic hydroxyl groups is 1. The van der Waals surface area contributed by atoms with Crippen molar-refractivity contribution in [1.82, 2.24) is 15.5 Å². The van der Waals surface area contributed by atoms with Crippen LogP contribution in [0.3, 0.4) is 0 Å². The summed E-state index contributed by atoms with van der Waals surface area (Å²) >= 11 is 0. The molecule has 132 valence electrons. The van der Waals surface area contributed by atoms with Crippen LogP contribution >= 0.6 is 0 Å². The van der Waals surface area contributed by atoms with E-state index in [1.54, 1.807) is 0 Å². The van der Waals surface area contributed by atoms with E-state index in [0.29, 0.717) is 13.1 Å². The van der Waals surface area contributed by atoms with Crippen molar-refractivity contribution >= 4 is 6.03 Å². The molecule has 1 saturated heterocycles. The van der Waals surface area contributed by atoms with Gasteiger partial charge in [-0.1, -0.05) is 30.3 Å².